The van der Waals surface area contributed by atoms with Crippen LogP contribution in [0.2, 0.25) is 10.0 Å². The van der Waals surface area contributed by atoms with Crippen LogP contribution >= 0.6 is 23.2 Å². The summed E-state index contributed by atoms with van der Waals surface area (Å²) in [5.74, 6) is 0. The molecule has 0 bridgehead atoms. The van der Waals surface area contributed by atoms with Crippen molar-refractivity contribution in [2.45, 2.75) is 26.8 Å². The third-order valence-corrected chi connectivity index (χ3v) is 4.17. The second-order valence-corrected chi connectivity index (χ2v) is 6.09. The summed E-state index contributed by atoms with van der Waals surface area (Å²) in [5.41, 5.74) is 5.83. The number of benzene rings is 2. The highest BCUT2D eigenvalue weighted by molar-refractivity contribution is 6.31. The van der Waals surface area contributed by atoms with Gasteiger partial charge in [-0.05, 0) is 73.8 Å². The lowest BCUT2D eigenvalue weighted by Gasteiger charge is -2.21. The molecule has 1 N–H and O–H groups in total. The molecule has 0 spiro atoms. The molecule has 20 heavy (non-hydrogen) atoms. The molecule has 1 nitrogen and oxygen atoms in total. The van der Waals surface area contributed by atoms with Crippen LogP contribution in [-0.2, 0) is 0 Å². The minimum absolute atomic E-state index is 0.114. The molecule has 2 aromatic rings. The van der Waals surface area contributed by atoms with Crippen molar-refractivity contribution in [2.75, 3.05) is 7.05 Å². The normalized spacial score (nSPS) is 12.5. The predicted octanol–water partition coefficient (Wildman–Crippen LogP) is 5.23. The SMILES string of the molecule is CNC(c1cc(C)cc(Cl)c1)c1cc(C)c(Cl)cc1C. The molecule has 0 radical (unpaired) electrons. The van der Waals surface area contributed by atoms with Crippen LogP contribution in [0.4, 0.5) is 0 Å². The molecule has 0 aliphatic rings. The lowest BCUT2D eigenvalue weighted by Crippen LogP contribution is -2.19. The Bertz CT molecular complexity index is 615. The average molecular weight is 308 g/mol. The van der Waals surface area contributed by atoms with Crippen LogP contribution in [0.1, 0.15) is 33.9 Å². The summed E-state index contributed by atoms with van der Waals surface area (Å²) < 4.78 is 0. The van der Waals surface area contributed by atoms with Gasteiger partial charge in [0, 0.05) is 10.0 Å². The van der Waals surface area contributed by atoms with Crippen LogP contribution < -0.4 is 5.32 Å². The molecule has 0 saturated heterocycles. The fourth-order valence-electron chi connectivity index (χ4n) is 2.55. The van der Waals surface area contributed by atoms with Gasteiger partial charge in [0.1, 0.15) is 0 Å². The summed E-state index contributed by atoms with van der Waals surface area (Å²) >= 11 is 12.4. The molecule has 0 heterocycles. The number of rotatable bonds is 3. The van der Waals surface area contributed by atoms with E-state index >= 15 is 0 Å². The van der Waals surface area contributed by atoms with E-state index in [-0.39, 0.29) is 6.04 Å². The molecule has 1 atom stereocenters. The molecular formula is C17H19Cl2N. The highest BCUT2D eigenvalue weighted by Crippen LogP contribution is 2.30. The van der Waals surface area contributed by atoms with E-state index in [0.717, 1.165) is 21.2 Å². The van der Waals surface area contributed by atoms with Crippen LogP contribution in [0.25, 0.3) is 0 Å². The largest absolute Gasteiger partial charge is 0.309 e. The quantitative estimate of drug-likeness (QED) is 0.819. The van der Waals surface area contributed by atoms with Gasteiger partial charge >= 0.3 is 0 Å². The first-order chi connectivity index (χ1) is 9.42. The zero-order chi connectivity index (χ0) is 14.9. The van der Waals surface area contributed by atoms with E-state index in [1.54, 1.807) is 0 Å². The van der Waals surface area contributed by atoms with Gasteiger partial charge in [0.2, 0.25) is 0 Å². The number of hydrogen-bond acceptors (Lipinski definition) is 1. The smallest absolute Gasteiger partial charge is 0.0577 e. The maximum absolute atomic E-state index is 6.19. The van der Waals surface area contributed by atoms with Gasteiger partial charge in [-0.15, -0.1) is 0 Å². The van der Waals surface area contributed by atoms with Crippen molar-refractivity contribution in [3.8, 4) is 0 Å². The van der Waals surface area contributed by atoms with E-state index in [1.807, 2.05) is 32.2 Å². The maximum atomic E-state index is 6.19. The fraction of sp³-hybridized carbons (Fsp3) is 0.294. The Kier molecular flexibility index (Phi) is 4.74. The van der Waals surface area contributed by atoms with E-state index in [0.29, 0.717) is 0 Å². The van der Waals surface area contributed by atoms with Crippen LogP contribution in [-0.4, -0.2) is 7.05 Å². The summed E-state index contributed by atoms with van der Waals surface area (Å²) in [6.07, 6.45) is 0. The summed E-state index contributed by atoms with van der Waals surface area (Å²) in [5, 5.41) is 4.95. The monoisotopic (exact) mass is 307 g/mol. The van der Waals surface area contributed by atoms with Crippen LogP contribution in [0, 0.1) is 20.8 Å². The van der Waals surface area contributed by atoms with E-state index in [9.17, 15) is 0 Å². The van der Waals surface area contributed by atoms with E-state index in [2.05, 4.69) is 31.3 Å². The first-order valence-electron chi connectivity index (χ1n) is 6.63. The van der Waals surface area contributed by atoms with Crippen molar-refractivity contribution in [3.63, 3.8) is 0 Å². The van der Waals surface area contributed by atoms with Crippen molar-refractivity contribution < 1.29 is 0 Å². The lowest BCUT2D eigenvalue weighted by molar-refractivity contribution is 0.686. The molecule has 0 saturated carbocycles. The van der Waals surface area contributed by atoms with Crippen LogP contribution in [0.15, 0.2) is 30.3 Å². The van der Waals surface area contributed by atoms with Gasteiger partial charge in [-0.2, -0.15) is 0 Å². The third-order valence-electron chi connectivity index (χ3n) is 3.54. The Hall–Kier alpha value is -1.02. The van der Waals surface area contributed by atoms with Gasteiger partial charge in [0.25, 0.3) is 0 Å². The first-order valence-corrected chi connectivity index (χ1v) is 7.39. The minimum atomic E-state index is 0.114. The van der Waals surface area contributed by atoms with Gasteiger partial charge in [-0.3, -0.25) is 0 Å². The summed E-state index contributed by atoms with van der Waals surface area (Å²) in [6.45, 7) is 6.17. The van der Waals surface area contributed by atoms with E-state index in [1.165, 1.54) is 16.7 Å². The zero-order valence-corrected chi connectivity index (χ0v) is 13.7. The molecule has 1 unspecified atom stereocenters. The molecule has 3 heteroatoms. The first kappa shape index (κ1) is 15.4. The van der Waals surface area contributed by atoms with Crippen molar-refractivity contribution in [1.82, 2.24) is 5.32 Å². The fourth-order valence-corrected chi connectivity index (χ4v) is 3.06. The van der Waals surface area contributed by atoms with E-state index < -0.39 is 0 Å². The molecule has 2 aromatic carbocycles. The zero-order valence-electron chi connectivity index (χ0n) is 12.2. The molecule has 0 aromatic heterocycles. The Balaban J connectivity index is 2.55. The second-order valence-electron chi connectivity index (χ2n) is 5.24. The summed E-state index contributed by atoms with van der Waals surface area (Å²) in [7, 11) is 1.96. The number of aryl methyl sites for hydroxylation is 3. The Morgan fingerprint density at radius 1 is 0.900 bits per heavy atom. The van der Waals surface area contributed by atoms with Crippen LogP contribution in [0.5, 0.6) is 0 Å². The molecule has 0 fully saturated rings. The molecule has 0 aliphatic heterocycles. The highest BCUT2D eigenvalue weighted by atomic mass is 35.5. The molecule has 106 valence electrons. The van der Waals surface area contributed by atoms with Gasteiger partial charge in [-0.1, -0.05) is 35.3 Å². The third kappa shape index (κ3) is 3.17. The molecule has 0 amide bonds. The van der Waals surface area contributed by atoms with Crippen molar-refractivity contribution in [1.29, 1.82) is 0 Å². The number of nitrogens with one attached hydrogen (secondary N) is 1. The maximum Gasteiger partial charge on any atom is 0.0577 e. The number of halogens is 2. The molecular weight excluding hydrogens is 289 g/mol. The topological polar surface area (TPSA) is 12.0 Å². The van der Waals surface area contributed by atoms with Crippen molar-refractivity contribution in [2.24, 2.45) is 0 Å². The Morgan fingerprint density at radius 3 is 2.20 bits per heavy atom. The predicted molar refractivity (Wildman–Crippen MR) is 88.0 cm³/mol. The van der Waals surface area contributed by atoms with Gasteiger partial charge < -0.3 is 5.32 Å². The van der Waals surface area contributed by atoms with Gasteiger partial charge in [0.15, 0.2) is 0 Å². The van der Waals surface area contributed by atoms with Crippen molar-refractivity contribution in [3.05, 3.63) is 68.2 Å². The van der Waals surface area contributed by atoms with Gasteiger partial charge in [0.05, 0.1) is 6.04 Å². The van der Waals surface area contributed by atoms with Crippen LogP contribution in [0.3, 0.4) is 0 Å². The summed E-state index contributed by atoms with van der Waals surface area (Å²) in [6, 6.07) is 10.4. The Morgan fingerprint density at radius 2 is 1.60 bits per heavy atom. The van der Waals surface area contributed by atoms with E-state index in [4.69, 9.17) is 23.2 Å². The lowest BCUT2D eigenvalue weighted by atomic mass is 9.93. The van der Waals surface area contributed by atoms with Crippen molar-refractivity contribution >= 4 is 23.2 Å². The standard InChI is InChI=1S/C17H19Cl2N/c1-10-5-13(9-14(18)6-10)17(20-4)15-7-12(3)16(19)8-11(15)2/h5-9,17,20H,1-4H3. The highest BCUT2D eigenvalue weighted by Gasteiger charge is 2.16. The Labute approximate surface area is 130 Å². The molecule has 0 aliphatic carbocycles. The van der Waals surface area contributed by atoms with Gasteiger partial charge in [-0.25, -0.2) is 0 Å². The molecule has 2 rings (SSSR count). The minimum Gasteiger partial charge on any atom is -0.309 e. The number of hydrogen-bond donors (Lipinski definition) is 1. The second kappa shape index (κ2) is 6.17. The average Bonchev–Trinajstić information content (AvgIpc) is 2.35. The summed E-state index contributed by atoms with van der Waals surface area (Å²) in [4.78, 5) is 0.